The number of hydrogen-bond donors (Lipinski definition) is 0. The van der Waals surface area contributed by atoms with E-state index in [-0.39, 0.29) is 0 Å². The molecule has 46 valence electrons. The van der Waals surface area contributed by atoms with Gasteiger partial charge in [-0.05, 0) is 18.8 Å². The quantitative estimate of drug-likeness (QED) is 0.479. The van der Waals surface area contributed by atoms with Crippen molar-refractivity contribution in [2.45, 2.75) is 33.1 Å². The summed E-state index contributed by atoms with van der Waals surface area (Å²) in [5.41, 5.74) is 1.68. The number of allylic oxidation sites excluding steroid dienone is 2. The maximum atomic E-state index is 2.42. The van der Waals surface area contributed by atoms with Crippen molar-refractivity contribution in [3.63, 3.8) is 0 Å². The fourth-order valence-electron chi connectivity index (χ4n) is 0.759. The van der Waals surface area contributed by atoms with E-state index >= 15 is 0 Å². The van der Waals surface area contributed by atoms with Crippen LogP contribution >= 0.6 is 0 Å². The average Bonchev–Trinajstić information content (AvgIpc) is 2.50. The van der Waals surface area contributed by atoms with E-state index in [9.17, 15) is 0 Å². The zero-order chi connectivity index (χ0) is 5.98. The highest BCUT2D eigenvalue weighted by molar-refractivity contribution is 5.16. The Morgan fingerprint density at radius 1 is 1.62 bits per heavy atom. The monoisotopic (exact) mass is 110 g/mol. The largest absolute Gasteiger partial charge is 0.0825 e. The number of rotatable bonds is 2. The van der Waals surface area contributed by atoms with Gasteiger partial charge in [-0.15, -0.1) is 0 Å². The average molecular weight is 110 g/mol. The van der Waals surface area contributed by atoms with Crippen molar-refractivity contribution in [2.24, 2.45) is 5.92 Å². The lowest BCUT2D eigenvalue weighted by atomic mass is 10.1. The first-order valence-corrected chi connectivity index (χ1v) is 3.52. The molecule has 0 amide bonds. The lowest BCUT2D eigenvalue weighted by Crippen LogP contribution is -1.82. The second-order valence-electron chi connectivity index (χ2n) is 2.71. The van der Waals surface area contributed by atoms with Gasteiger partial charge in [0.05, 0.1) is 0 Å². The highest BCUT2D eigenvalue weighted by atomic mass is 14.2. The SMILES string of the molecule is CCC(C)C=C1CC1. The Balaban J connectivity index is 2.25. The van der Waals surface area contributed by atoms with E-state index in [1.807, 2.05) is 0 Å². The summed E-state index contributed by atoms with van der Waals surface area (Å²) in [6.07, 6.45) is 6.47. The molecular weight excluding hydrogens is 96.1 g/mol. The molecule has 1 saturated carbocycles. The third-order valence-electron chi connectivity index (χ3n) is 1.70. The van der Waals surface area contributed by atoms with Gasteiger partial charge >= 0.3 is 0 Å². The van der Waals surface area contributed by atoms with Gasteiger partial charge in [0.2, 0.25) is 0 Å². The van der Waals surface area contributed by atoms with Gasteiger partial charge in [0.25, 0.3) is 0 Å². The Morgan fingerprint density at radius 3 is 2.62 bits per heavy atom. The van der Waals surface area contributed by atoms with Gasteiger partial charge in [0.1, 0.15) is 0 Å². The maximum absolute atomic E-state index is 2.42. The number of hydrogen-bond acceptors (Lipinski definition) is 0. The van der Waals surface area contributed by atoms with Crippen LogP contribution in [-0.4, -0.2) is 0 Å². The summed E-state index contributed by atoms with van der Waals surface area (Å²) in [4.78, 5) is 0. The summed E-state index contributed by atoms with van der Waals surface area (Å²) in [6.45, 7) is 4.52. The zero-order valence-corrected chi connectivity index (χ0v) is 5.78. The third-order valence-corrected chi connectivity index (χ3v) is 1.70. The molecule has 0 aromatic carbocycles. The molecule has 1 unspecified atom stereocenters. The van der Waals surface area contributed by atoms with E-state index in [2.05, 4.69) is 19.9 Å². The fraction of sp³-hybridized carbons (Fsp3) is 0.750. The Bertz CT molecular complexity index is 94.6. The zero-order valence-electron chi connectivity index (χ0n) is 5.78. The van der Waals surface area contributed by atoms with Crippen LogP contribution < -0.4 is 0 Å². The molecule has 1 fully saturated rings. The summed E-state index contributed by atoms with van der Waals surface area (Å²) in [5, 5.41) is 0. The van der Waals surface area contributed by atoms with Crippen LogP contribution in [0.1, 0.15) is 33.1 Å². The smallest absolute Gasteiger partial charge is 0.0262 e. The lowest BCUT2D eigenvalue weighted by molar-refractivity contribution is 0.696. The molecule has 0 spiro atoms. The molecule has 0 saturated heterocycles. The lowest BCUT2D eigenvalue weighted by Gasteiger charge is -1.96. The second-order valence-corrected chi connectivity index (χ2v) is 2.71. The van der Waals surface area contributed by atoms with E-state index in [0.717, 1.165) is 5.92 Å². The van der Waals surface area contributed by atoms with Crippen molar-refractivity contribution < 1.29 is 0 Å². The molecule has 0 bridgehead atoms. The van der Waals surface area contributed by atoms with Gasteiger partial charge in [-0.1, -0.05) is 31.9 Å². The topological polar surface area (TPSA) is 0 Å². The maximum Gasteiger partial charge on any atom is -0.0262 e. The van der Waals surface area contributed by atoms with Crippen LogP contribution in [0.25, 0.3) is 0 Å². The molecule has 1 aliphatic carbocycles. The first kappa shape index (κ1) is 5.87. The van der Waals surface area contributed by atoms with Crippen LogP contribution in [-0.2, 0) is 0 Å². The molecule has 0 radical (unpaired) electrons. The van der Waals surface area contributed by atoms with Gasteiger partial charge in [-0.3, -0.25) is 0 Å². The van der Waals surface area contributed by atoms with Crippen molar-refractivity contribution in [1.82, 2.24) is 0 Å². The van der Waals surface area contributed by atoms with Crippen LogP contribution in [0.5, 0.6) is 0 Å². The van der Waals surface area contributed by atoms with Gasteiger partial charge in [-0.2, -0.15) is 0 Å². The summed E-state index contributed by atoms with van der Waals surface area (Å²) >= 11 is 0. The highest BCUT2D eigenvalue weighted by Crippen LogP contribution is 2.29. The Labute approximate surface area is 51.6 Å². The van der Waals surface area contributed by atoms with E-state index in [1.165, 1.54) is 19.3 Å². The molecule has 0 N–H and O–H groups in total. The highest BCUT2D eigenvalue weighted by Gasteiger charge is 2.10. The van der Waals surface area contributed by atoms with Crippen LogP contribution in [0.2, 0.25) is 0 Å². The van der Waals surface area contributed by atoms with Crippen molar-refractivity contribution in [1.29, 1.82) is 0 Å². The molecule has 8 heavy (non-hydrogen) atoms. The van der Waals surface area contributed by atoms with Crippen LogP contribution in [0.4, 0.5) is 0 Å². The Morgan fingerprint density at radius 2 is 2.25 bits per heavy atom. The minimum absolute atomic E-state index is 0.826. The summed E-state index contributed by atoms with van der Waals surface area (Å²) in [7, 11) is 0. The molecule has 0 aromatic heterocycles. The van der Waals surface area contributed by atoms with Crippen molar-refractivity contribution >= 4 is 0 Å². The fourth-order valence-corrected chi connectivity index (χ4v) is 0.759. The normalized spacial score (nSPS) is 20.5. The third kappa shape index (κ3) is 1.69. The molecule has 1 atom stereocenters. The molecule has 0 heteroatoms. The van der Waals surface area contributed by atoms with E-state index in [1.54, 1.807) is 5.57 Å². The molecule has 0 heterocycles. The molecule has 0 aliphatic heterocycles. The molecule has 0 nitrogen and oxygen atoms in total. The van der Waals surface area contributed by atoms with E-state index in [0.29, 0.717) is 0 Å². The summed E-state index contributed by atoms with van der Waals surface area (Å²) < 4.78 is 0. The molecule has 1 aliphatic rings. The predicted molar refractivity (Wildman–Crippen MR) is 36.8 cm³/mol. The Hall–Kier alpha value is -0.260. The standard InChI is InChI=1S/C8H14/c1-3-7(2)6-8-4-5-8/h6-7H,3-5H2,1-2H3. The van der Waals surface area contributed by atoms with Gasteiger partial charge in [0, 0.05) is 0 Å². The first-order chi connectivity index (χ1) is 3.83. The summed E-state index contributed by atoms with van der Waals surface area (Å²) in [6, 6.07) is 0. The van der Waals surface area contributed by atoms with Crippen molar-refractivity contribution in [3.05, 3.63) is 11.6 Å². The van der Waals surface area contributed by atoms with Gasteiger partial charge in [-0.25, -0.2) is 0 Å². The first-order valence-electron chi connectivity index (χ1n) is 3.52. The van der Waals surface area contributed by atoms with Crippen LogP contribution in [0.15, 0.2) is 11.6 Å². The van der Waals surface area contributed by atoms with Crippen molar-refractivity contribution in [3.8, 4) is 0 Å². The summed E-state index contributed by atoms with van der Waals surface area (Å²) in [5.74, 6) is 0.826. The van der Waals surface area contributed by atoms with Crippen molar-refractivity contribution in [2.75, 3.05) is 0 Å². The van der Waals surface area contributed by atoms with Gasteiger partial charge < -0.3 is 0 Å². The van der Waals surface area contributed by atoms with E-state index < -0.39 is 0 Å². The minimum Gasteiger partial charge on any atom is -0.0825 e. The molecule has 0 aromatic rings. The Kier molecular flexibility index (Phi) is 1.72. The van der Waals surface area contributed by atoms with E-state index in [4.69, 9.17) is 0 Å². The van der Waals surface area contributed by atoms with Crippen LogP contribution in [0, 0.1) is 5.92 Å². The minimum atomic E-state index is 0.826. The predicted octanol–water partition coefficient (Wildman–Crippen LogP) is 2.75. The molecule has 1 rings (SSSR count). The second kappa shape index (κ2) is 2.34. The molecular formula is C8H14. The van der Waals surface area contributed by atoms with Crippen LogP contribution in [0.3, 0.4) is 0 Å². The van der Waals surface area contributed by atoms with Gasteiger partial charge in [0.15, 0.2) is 0 Å².